The Kier molecular flexibility index (Phi) is 3.90. The smallest absolute Gasteiger partial charge is 0.235 e. The van der Waals surface area contributed by atoms with E-state index in [1.54, 1.807) is 13.2 Å². The van der Waals surface area contributed by atoms with Crippen molar-refractivity contribution >= 4 is 5.78 Å². The molecule has 0 saturated heterocycles. The molecule has 72 valence electrons. The summed E-state index contributed by atoms with van der Waals surface area (Å²) in [4.78, 5) is 11.4. The molecule has 0 heterocycles. The Morgan fingerprint density at radius 2 is 2.29 bits per heavy atom. The molecular formula is C12H12O2. The average Bonchev–Trinajstić information content (AvgIpc) is 2.18. The van der Waals surface area contributed by atoms with Crippen molar-refractivity contribution in [3.63, 3.8) is 0 Å². The van der Waals surface area contributed by atoms with Crippen molar-refractivity contribution in [2.45, 2.75) is 6.92 Å². The van der Waals surface area contributed by atoms with Gasteiger partial charge in [0.05, 0.1) is 0 Å². The van der Waals surface area contributed by atoms with E-state index in [0.717, 1.165) is 5.56 Å². The molecule has 14 heavy (non-hydrogen) atoms. The summed E-state index contributed by atoms with van der Waals surface area (Å²) in [6.07, 6.45) is 0. The topological polar surface area (TPSA) is 26.3 Å². The molecular weight excluding hydrogens is 176 g/mol. The summed E-state index contributed by atoms with van der Waals surface area (Å²) in [5, 5.41) is 0. The highest BCUT2D eigenvalue weighted by atomic mass is 16.5. The fraction of sp³-hybridized carbons (Fsp3) is 0.250. The summed E-state index contributed by atoms with van der Waals surface area (Å²) in [7, 11) is 1.55. The number of rotatable bonds is 2. The summed E-state index contributed by atoms with van der Waals surface area (Å²) < 4.78 is 4.73. The van der Waals surface area contributed by atoms with Gasteiger partial charge in [0.1, 0.15) is 6.61 Å². The minimum atomic E-state index is -0.161. The highest BCUT2D eigenvalue weighted by molar-refractivity contribution is 6.09. The minimum absolute atomic E-state index is 0.161. The van der Waals surface area contributed by atoms with Gasteiger partial charge in [-0.1, -0.05) is 29.7 Å². The van der Waals surface area contributed by atoms with Gasteiger partial charge < -0.3 is 4.74 Å². The zero-order chi connectivity index (χ0) is 10.4. The molecule has 2 heteroatoms. The normalized spacial score (nSPS) is 9.00. The van der Waals surface area contributed by atoms with Crippen molar-refractivity contribution in [2.24, 2.45) is 0 Å². The van der Waals surface area contributed by atoms with Crippen molar-refractivity contribution in [3.8, 4) is 11.8 Å². The molecule has 1 rings (SSSR count). The number of ketones is 1. The maximum atomic E-state index is 11.4. The molecule has 0 bridgehead atoms. The lowest BCUT2D eigenvalue weighted by atomic mass is 10.1. The SMILES string of the molecule is COCC#CC(=O)c1cccc(C)c1. The van der Waals surface area contributed by atoms with Gasteiger partial charge >= 0.3 is 0 Å². The first-order chi connectivity index (χ1) is 6.74. The fourth-order valence-electron chi connectivity index (χ4n) is 1.05. The molecule has 1 aromatic rings. The van der Waals surface area contributed by atoms with Gasteiger partial charge in [-0.15, -0.1) is 0 Å². The minimum Gasteiger partial charge on any atom is -0.372 e. The summed E-state index contributed by atoms with van der Waals surface area (Å²) >= 11 is 0. The lowest BCUT2D eigenvalue weighted by Gasteiger charge is -1.95. The second kappa shape index (κ2) is 5.21. The molecule has 0 fully saturated rings. The lowest BCUT2D eigenvalue weighted by Crippen LogP contribution is -1.95. The van der Waals surface area contributed by atoms with Crippen LogP contribution in [0.2, 0.25) is 0 Å². The van der Waals surface area contributed by atoms with Crippen LogP contribution in [0.25, 0.3) is 0 Å². The van der Waals surface area contributed by atoms with E-state index in [0.29, 0.717) is 5.56 Å². The second-order valence-corrected chi connectivity index (χ2v) is 2.93. The Balaban J connectivity index is 2.76. The Bertz CT molecular complexity index is 383. The van der Waals surface area contributed by atoms with Crippen molar-refractivity contribution in [1.29, 1.82) is 0 Å². The number of hydrogen-bond donors (Lipinski definition) is 0. The summed E-state index contributed by atoms with van der Waals surface area (Å²) in [6.45, 7) is 2.23. The van der Waals surface area contributed by atoms with Gasteiger partial charge in [0.25, 0.3) is 0 Å². The van der Waals surface area contributed by atoms with Gasteiger partial charge in [0, 0.05) is 12.7 Å². The average molecular weight is 188 g/mol. The van der Waals surface area contributed by atoms with Gasteiger partial charge in [-0.2, -0.15) is 0 Å². The number of carbonyl (C=O) groups is 1. The molecule has 0 aliphatic heterocycles. The zero-order valence-electron chi connectivity index (χ0n) is 8.33. The van der Waals surface area contributed by atoms with Gasteiger partial charge in [-0.25, -0.2) is 0 Å². The lowest BCUT2D eigenvalue weighted by molar-refractivity contribution is 0.105. The van der Waals surface area contributed by atoms with E-state index < -0.39 is 0 Å². The Morgan fingerprint density at radius 1 is 1.50 bits per heavy atom. The van der Waals surface area contributed by atoms with E-state index in [2.05, 4.69) is 11.8 Å². The molecule has 0 saturated carbocycles. The highest BCUT2D eigenvalue weighted by Crippen LogP contribution is 2.03. The van der Waals surface area contributed by atoms with Crippen molar-refractivity contribution in [3.05, 3.63) is 35.4 Å². The van der Waals surface area contributed by atoms with E-state index >= 15 is 0 Å². The molecule has 2 nitrogen and oxygen atoms in total. The number of methoxy groups -OCH3 is 1. The van der Waals surface area contributed by atoms with E-state index in [4.69, 9.17) is 4.74 Å². The third kappa shape index (κ3) is 3.04. The summed E-state index contributed by atoms with van der Waals surface area (Å²) in [5.41, 5.74) is 1.69. The van der Waals surface area contributed by atoms with Crippen LogP contribution in [0.15, 0.2) is 24.3 Å². The molecule has 0 atom stereocenters. The van der Waals surface area contributed by atoms with Gasteiger partial charge in [-0.05, 0) is 18.9 Å². The van der Waals surface area contributed by atoms with Crippen LogP contribution in [0.3, 0.4) is 0 Å². The maximum absolute atomic E-state index is 11.4. The molecule has 0 radical (unpaired) electrons. The van der Waals surface area contributed by atoms with E-state index in [1.807, 2.05) is 25.1 Å². The van der Waals surface area contributed by atoms with Crippen molar-refractivity contribution < 1.29 is 9.53 Å². The summed E-state index contributed by atoms with van der Waals surface area (Å²) in [5.74, 6) is 4.98. The number of ether oxygens (including phenoxy) is 1. The number of benzene rings is 1. The predicted molar refractivity (Wildman–Crippen MR) is 55.2 cm³/mol. The van der Waals surface area contributed by atoms with Crippen LogP contribution in [0.1, 0.15) is 15.9 Å². The molecule has 0 aliphatic carbocycles. The number of hydrogen-bond acceptors (Lipinski definition) is 2. The molecule has 0 aliphatic rings. The first-order valence-corrected chi connectivity index (χ1v) is 4.33. The van der Waals surface area contributed by atoms with Gasteiger partial charge in [0.15, 0.2) is 0 Å². The molecule has 0 amide bonds. The van der Waals surface area contributed by atoms with Crippen LogP contribution in [0.5, 0.6) is 0 Å². The molecule has 0 unspecified atom stereocenters. The first-order valence-electron chi connectivity index (χ1n) is 4.33. The number of aryl methyl sites for hydroxylation is 1. The quantitative estimate of drug-likeness (QED) is 0.402. The van der Waals surface area contributed by atoms with Crippen LogP contribution in [0, 0.1) is 18.8 Å². The third-order valence-corrected chi connectivity index (χ3v) is 1.70. The van der Waals surface area contributed by atoms with Crippen LogP contribution in [-0.4, -0.2) is 19.5 Å². The first kappa shape index (κ1) is 10.5. The number of carbonyl (C=O) groups excluding carboxylic acids is 1. The zero-order valence-corrected chi connectivity index (χ0v) is 8.33. The van der Waals surface area contributed by atoms with E-state index in [-0.39, 0.29) is 12.4 Å². The monoisotopic (exact) mass is 188 g/mol. The maximum Gasteiger partial charge on any atom is 0.235 e. The van der Waals surface area contributed by atoms with Gasteiger partial charge in [-0.3, -0.25) is 4.79 Å². The largest absolute Gasteiger partial charge is 0.372 e. The third-order valence-electron chi connectivity index (χ3n) is 1.70. The molecule has 0 spiro atoms. The number of Topliss-reactive ketones (excluding diaryl/α,β-unsaturated/α-hetero) is 1. The standard InChI is InChI=1S/C12H12O2/c1-10-5-3-6-11(9-10)12(13)7-4-8-14-2/h3,5-6,9H,8H2,1-2H3. The van der Waals surface area contributed by atoms with Crippen LogP contribution < -0.4 is 0 Å². The van der Waals surface area contributed by atoms with Crippen LogP contribution in [-0.2, 0) is 4.74 Å². The molecule has 0 aromatic heterocycles. The molecule has 1 aromatic carbocycles. The fourth-order valence-corrected chi connectivity index (χ4v) is 1.05. The predicted octanol–water partition coefficient (Wildman–Crippen LogP) is 1.83. The van der Waals surface area contributed by atoms with Crippen molar-refractivity contribution in [2.75, 3.05) is 13.7 Å². The van der Waals surface area contributed by atoms with E-state index in [9.17, 15) is 4.79 Å². The Morgan fingerprint density at radius 3 is 2.93 bits per heavy atom. The van der Waals surface area contributed by atoms with Crippen LogP contribution >= 0.6 is 0 Å². The van der Waals surface area contributed by atoms with Gasteiger partial charge in [0.2, 0.25) is 5.78 Å². The second-order valence-electron chi connectivity index (χ2n) is 2.93. The molecule has 0 N–H and O–H groups in total. The highest BCUT2D eigenvalue weighted by Gasteiger charge is 2.00. The van der Waals surface area contributed by atoms with Crippen LogP contribution in [0.4, 0.5) is 0 Å². The van der Waals surface area contributed by atoms with E-state index in [1.165, 1.54) is 0 Å². The van der Waals surface area contributed by atoms with Crippen molar-refractivity contribution in [1.82, 2.24) is 0 Å². The Labute approximate surface area is 83.9 Å². The Hall–Kier alpha value is -1.59. The summed E-state index contributed by atoms with van der Waals surface area (Å²) in [6, 6.07) is 7.38.